The fourth-order valence-electron chi connectivity index (χ4n) is 1.41. The number of nitrogens with one attached hydrogen (secondary N) is 1. The zero-order valence-corrected chi connectivity index (χ0v) is 9.70. The SMILES string of the molecule is CS(=O)(=O)C1CSCCN1CC(=N)N. The van der Waals surface area contributed by atoms with E-state index in [1.807, 2.05) is 0 Å². The van der Waals surface area contributed by atoms with Gasteiger partial charge in [0, 0.05) is 24.3 Å². The van der Waals surface area contributed by atoms with Gasteiger partial charge in [-0.3, -0.25) is 10.3 Å². The fraction of sp³-hybridized carbons (Fsp3) is 0.857. The molecule has 7 heteroatoms. The molecule has 0 radical (unpaired) electrons. The van der Waals surface area contributed by atoms with Crippen LogP contribution in [0, 0.1) is 5.41 Å². The summed E-state index contributed by atoms with van der Waals surface area (Å²) in [4.78, 5) is 1.76. The van der Waals surface area contributed by atoms with E-state index < -0.39 is 15.2 Å². The van der Waals surface area contributed by atoms with Crippen molar-refractivity contribution in [2.45, 2.75) is 5.37 Å². The van der Waals surface area contributed by atoms with Crippen LogP contribution in [0.5, 0.6) is 0 Å². The summed E-state index contributed by atoms with van der Waals surface area (Å²) in [7, 11) is -3.07. The van der Waals surface area contributed by atoms with E-state index >= 15 is 0 Å². The molecule has 1 fully saturated rings. The number of hydrogen-bond donors (Lipinski definition) is 2. The normalized spacial score (nSPS) is 24.8. The van der Waals surface area contributed by atoms with Crippen molar-refractivity contribution in [2.24, 2.45) is 5.73 Å². The molecule has 82 valence electrons. The Bertz CT molecular complexity index is 315. The molecule has 1 atom stereocenters. The summed E-state index contributed by atoms with van der Waals surface area (Å²) in [6.45, 7) is 0.931. The smallest absolute Gasteiger partial charge is 0.164 e. The van der Waals surface area contributed by atoms with Gasteiger partial charge in [-0.2, -0.15) is 11.8 Å². The topological polar surface area (TPSA) is 87.2 Å². The maximum absolute atomic E-state index is 11.4. The molecular weight excluding hydrogens is 222 g/mol. The van der Waals surface area contributed by atoms with Crippen LogP contribution < -0.4 is 5.73 Å². The number of rotatable bonds is 3. The average molecular weight is 237 g/mol. The molecule has 1 aliphatic heterocycles. The van der Waals surface area contributed by atoms with E-state index in [1.54, 1.807) is 16.7 Å². The summed E-state index contributed by atoms with van der Waals surface area (Å²) in [5.41, 5.74) is 5.27. The molecule has 3 N–H and O–H groups in total. The van der Waals surface area contributed by atoms with Gasteiger partial charge in [-0.05, 0) is 0 Å². The highest BCUT2D eigenvalue weighted by atomic mass is 32.2. The second-order valence-corrected chi connectivity index (χ2v) is 6.71. The van der Waals surface area contributed by atoms with Crippen LogP contribution in [-0.4, -0.2) is 55.4 Å². The summed E-state index contributed by atoms with van der Waals surface area (Å²) in [6, 6.07) is 0. The van der Waals surface area contributed by atoms with E-state index in [0.29, 0.717) is 12.3 Å². The van der Waals surface area contributed by atoms with Gasteiger partial charge < -0.3 is 5.73 Å². The molecule has 5 nitrogen and oxygen atoms in total. The van der Waals surface area contributed by atoms with Crippen LogP contribution in [0.15, 0.2) is 0 Å². The zero-order valence-electron chi connectivity index (χ0n) is 8.06. The Labute approximate surface area is 88.5 Å². The molecule has 1 heterocycles. The van der Waals surface area contributed by atoms with Crippen molar-refractivity contribution >= 4 is 27.4 Å². The monoisotopic (exact) mass is 237 g/mol. The summed E-state index contributed by atoms with van der Waals surface area (Å²) >= 11 is 1.63. The number of nitrogens with two attached hydrogens (primary N) is 1. The molecule has 1 aliphatic rings. The number of amidine groups is 1. The van der Waals surface area contributed by atoms with Crippen molar-refractivity contribution in [1.29, 1.82) is 5.41 Å². The number of hydrogen-bond acceptors (Lipinski definition) is 5. The van der Waals surface area contributed by atoms with Gasteiger partial charge in [-0.1, -0.05) is 0 Å². The second kappa shape index (κ2) is 4.50. The Morgan fingerprint density at radius 2 is 2.36 bits per heavy atom. The largest absolute Gasteiger partial charge is 0.387 e. The molecule has 0 saturated carbocycles. The van der Waals surface area contributed by atoms with Gasteiger partial charge in [0.05, 0.1) is 6.54 Å². The van der Waals surface area contributed by atoms with Gasteiger partial charge >= 0.3 is 0 Å². The van der Waals surface area contributed by atoms with Crippen LogP contribution in [0.25, 0.3) is 0 Å². The Morgan fingerprint density at radius 3 is 2.86 bits per heavy atom. The molecule has 0 aromatic carbocycles. The number of sulfone groups is 1. The molecule has 0 aliphatic carbocycles. The molecule has 1 unspecified atom stereocenters. The van der Waals surface area contributed by atoms with Gasteiger partial charge in [0.25, 0.3) is 0 Å². The van der Waals surface area contributed by atoms with Crippen molar-refractivity contribution in [2.75, 3.05) is 30.9 Å². The predicted octanol–water partition coefficient (Wildman–Crippen LogP) is -0.658. The molecule has 0 bridgehead atoms. The van der Waals surface area contributed by atoms with Gasteiger partial charge in [0.2, 0.25) is 0 Å². The summed E-state index contributed by atoms with van der Waals surface area (Å²) < 4.78 is 22.8. The van der Waals surface area contributed by atoms with E-state index in [0.717, 1.165) is 5.75 Å². The average Bonchev–Trinajstić information content (AvgIpc) is 2.01. The lowest BCUT2D eigenvalue weighted by molar-refractivity contribution is 0.307. The first-order chi connectivity index (χ1) is 6.41. The first-order valence-electron chi connectivity index (χ1n) is 4.25. The molecule has 14 heavy (non-hydrogen) atoms. The van der Waals surface area contributed by atoms with Crippen molar-refractivity contribution in [3.05, 3.63) is 0 Å². The maximum Gasteiger partial charge on any atom is 0.164 e. The van der Waals surface area contributed by atoms with Crippen LogP contribution in [0.4, 0.5) is 0 Å². The lowest BCUT2D eigenvalue weighted by Crippen LogP contribution is -2.49. The Hall–Kier alpha value is -0.270. The Morgan fingerprint density at radius 1 is 1.71 bits per heavy atom. The van der Waals surface area contributed by atoms with Gasteiger partial charge in [-0.15, -0.1) is 0 Å². The van der Waals surface area contributed by atoms with Crippen molar-refractivity contribution < 1.29 is 8.42 Å². The lowest BCUT2D eigenvalue weighted by atomic mass is 10.4. The third-order valence-electron chi connectivity index (χ3n) is 2.06. The van der Waals surface area contributed by atoms with E-state index in [1.165, 1.54) is 6.26 Å². The standard InChI is InChI=1S/C7H15N3O2S2/c1-14(11,12)7-5-13-3-2-10(7)4-6(8)9/h7H,2-5H2,1H3,(H3,8,9). The quantitative estimate of drug-likeness (QED) is 0.503. The highest BCUT2D eigenvalue weighted by Gasteiger charge is 2.30. The summed E-state index contributed by atoms with van der Waals surface area (Å²) in [6.07, 6.45) is 1.23. The molecule has 0 aromatic rings. The highest BCUT2D eigenvalue weighted by Crippen LogP contribution is 2.19. The maximum atomic E-state index is 11.4. The fourth-order valence-corrected chi connectivity index (χ4v) is 4.35. The lowest BCUT2D eigenvalue weighted by Gasteiger charge is -2.33. The van der Waals surface area contributed by atoms with Crippen molar-refractivity contribution in [1.82, 2.24) is 4.90 Å². The number of nitrogens with zero attached hydrogens (tertiary/aromatic N) is 1. The minimum atomic E-state index is -3.07. The zero-order chi connectivity index (χ0) is 10.8. The third kappa shape index (κ3) is 3.14. The van der Waals surface area contributed by atoms with E-state index in [9.17, 15) is 8.42 Å². The molecule has 0 aromatic heterocycles. The van der Waals surface area contributed by atoms with E-state index in [2.05, 4.69) is 0 Å². The van der Waals surface area contributed by atoms with Gasteiger partial charge in [0.15, 0.2) is 9.84 Å². The molecule has 0 amide bonds. The van der Waals surface area contributed by atoms with Crippen molar-refractivity contribution in [3.63, 3.8) is 0 Å². The second-order valence-electron chi connectivity index (χ2n) is 3.35. The summed E-state index contributed by atoms with van der Waals surface area (Å²) in [5, 5.41) is 6.68. The van der Waals surface area contributed by atoms with E-state index in [4.69, 9.17) is 11.1 Å². The predicted molar refractivity (Wildman–Crippen MR) is 59.4 cm³/mol. The minimum Gasteiger partial charge on any atom is -0.387 e. The van der Waals surface area contributed by atoms with Crippen LogP contribution >= 0.6 is 11.8 Å². The van der Waals surface area contributed by atoms with Crippen LogP contribution in [0.3, 0.4) is 0 Å². The van der Waals surface area contributed by atoms with E-state index in [-0.39, 0.29) is 12.4 Å². The molecule has 1 saturated heterocycles. The van der Waals surface area contributed by atoms with Gasteiger partial charge in [0.1, 0.15) is 11.2 Å². The molecular formula is C7H15N3O2S2. The van der Waals surface area contributed by atoms with Crippen LogP contribution in [-0.2, 0) is 9.84 Å². The Kier molecular flexibility index (Phi) is 3.79. The molecule has 1 rings (SSSR count). The number of thioether (sulfide) groups is 1. The minimum absolute atomic E-state index is 0.0190. The third-order valence-corrected chi connectivity index (χ3v) is 4.75. The molecule has 0 spiro atoms. The summed E-state index contributed by atoms with van der Waals surface area (Å²) in [5.74, 6) is 1.50. The highest BCUT2D eigenvalue weighted by molar-refractivity contribution is 8.00. The Balaban J connectivity index is 2.74. The first-order valence-corrected chi connectivity index (χ1v) is 7.36. The van der Waals surface area contributed by atoms with Gasteiger partial charge in [-0.25, -0.2) is 8.42 Å². The van der Waals surface area contributed by atoms with Crippen LogP contribution in [0.2, 0.25) is 0 Å². The van der Waals surface area contributed by atoms with Crippen molar-refractivity contribution in [3.8, 4) is 0 Å². The van der Waals surface area contributed by atoms with Crippen LogP contribution in [0.1, 0.15) is 0 Å². The first kappa shape index (κ1) is 11.8.